The topological polar surface area (TPSA) is 74.8 Å². The molecular formula is C16H14FN3O2S. The first kappa shape index (κ1) is 14.2. The number of rotatable bonds is 4. The lowest BCUT2D eigenvalue weighted by molar-refractivity contribution is 0.600. The fourth-order valence-corrected chi connectivity index (χ4v) is 3.95. The highest BCUT2D eigenvalue weighted by Gasteiger charge is 2.35. The molecule has 1 aromatic heterocycles. The van der Waals surface area contributed by atoms with Crippen LogP contribution in [0.5, 0.6) is 0 Å². The van der Waals surface area contributed by atoms with Gasteiger partial charge in [0.1, 0.15) is 5.82 Å². The van der Waals surface area contributed by atoms with Crippen LogP contribution in [0.25, 0.3) is 22.2 Å². The Morgan fingerprint density at radius 1 is 1.17 bits per heavy atom. The highest BCUT2D eigenvalue weighted by molar-refractivity contribution is 7.93. The van der Waals surface area contributed by atoms with E-state index in [2.05, 4.69) is 14.9 Å². The standard InChI is InChI=1S/C16H14FN3O2S/c17-11-4-7-14-15(9-11)18-19-16(14)10-2-1-3-12(8-10)20-23(21,22)13-5-6-13/h1-4,7-9,13,20H,5-6H2,(H,18,19). The van der Waals surface area contributed by atoms with Gasteiger partial charge in [0.25, 0.3) is 0 Å². The zero-order valence-electron chi connectivity index (χ0n) is 12.1. The first-order valence-electron chi connectivity index (χ1n) is 7.29. The third kappa shape index (κ3) is 2.68. The second-order valence-electron chi connectivity index (χ2n) is 5.69. The Hall–Kier alpha value is -2.41. The maximum absolute atomic E-state index is 13.3. The number of nitrogens with zero attached hydrogens (tertiary/aromatic N) is 1. The van der Waals surface area contributed by atoms with Crippen LogP contribution in [0, 0.1) is 5.82 Å². The maximum atomic E-state index is 13.3. The molecule has 3 aromatic rings. The number of sulfonamides is 1. The van der Waals surface area contributed by atoms with Crippen LogP contribution in [-0.4, -0.2) is 23.9 Å². The fourth-order valence-electron chi connectivity index (χ4n) is 2.57. The van der Waals surface area contributed by atoms with Crippen molar-refractivity contribution in [3.8, 4) is 11.3 Å². The van der Waals surface area contributed by atoms with Crippen LogP contribution >= 0.6 is 0 Å². The van der Waals surface area contributed by atoms with E-state index in [1.54, 1.807) is 24.3 Å². The number of aromatic nitrogens is 2. The minimum absolute atomic E-state index is 0.277. The largest absolute Gasteiger partial charge is 0.283 e. The van der Waals surface area contributed by atoms with Crippen LogP contribution in [0.4, 0.5) is 10.1 Å². The molecule has 0 atom stereocenters. The van der Waals surface area contributed by atoms with Crippen molar-refractivity contribution in [1.82, 2.24) is 10.2 Å². The van der Waals surface area contributed by atoms with E-state index in [0.29, 0.717) is 29.7 Å². The Bertz CT molecular complexity index is 993. The van der Waals surface area contributed by atoms with E-state index in [1.165, 1.54) is 12.1 Å². The Kier molecular flexibility index (Phi) is 3.12. The van der Waals surface area contributed by atoms with Gasteiger partial charge in [0.2, 0.25) is 10.0 Å². The van der Waals surface area contributed by atoms with Crippen molar-refractivity contribution in [3.63, 3.8) is 0 Å². The van der Waals surface area contributed by atoms with E-state index < -0.39 is 10.0 Å². The Labute approximate surface area is 132 Å². The zero-order chi connectivity index (χ0) is 16.0. The average Bonchev–Trinajstić information content (AvgIpc) is 3.29. The molecule has 1 fully saturated rings. The first-order chi connectivity index (χ1) is 11.0. The van der Waals surface area contributed by atoms with Gasteiger partial charge in [-0.2, -0.15) is 5.10 Å². The first-order valence-corrected chi connectivity index (χ1v) is 8.83. The van der Waals surface area contributed by atoms with Gasteiger partial charge in [-0.05, 0) is 43.2 Å². The van der Waals surface area contributed by atoms with Crippen molar-refractivity contribution in [1.29, 1.82) is 0 Å². The van der Waals surface area contributed by atoms with Crippen LogP contribution in [0.3, 0.4) is 0 Å². The summed E-state index contributed by atoms with van der Waals surface area (Å²) >= 11 is 0. The minimum Gasteiger partial charge on any atom is -0.283 e. The lowest BCUT2D eigenvalue weighted by atomic mass is 10.1. The molecule has 0 aliphatic heterocycles. The summed E-state index contributed by atoms with van der Waals surface area (Å²) in [6.07, 6.45) is 1.43. The van der Waals surface area contributed by atoms with Crippen molar-refractivity contribution < 1.29 is 12.8 Å². The monoisotopic (exact) mass is 331 g/mol. The molecule has 0 radical (unpaired) electrons. The average molecular weight is 331 g/mol. The number of anilines is 1. The smallest absolute Gasteiger partial charge is 0.235 e. The molecule has 5 nitrogen and oxygen atoms in total. The van der Waals surface area contributed by atoms with Gasteiger partial charge in [-0.15, -0.1) is 0 Å². The number of hydrogen-bond donors (Lipinski definition) is 2. The number of hydrogen-bond acceptors (Lipinski definition) is 3. The maximum Gasteiger partial charge on any atom is 0.235 e. The Balaban J connectivity index is 1.72. The van der Waals surface area contributed by atoms with Gasteiger partial charge in [0.05, 0.1) is 16.5 Å². The predicted octanol–water partition coefficient (Wildman–Crippen LogP) is 3.27. The summed E-state index contributed by atoms with van der Waals surface area (Å²) in [5.41, 5.74) is 2.53. The molecule has 0 spiro atoms. The Morgan fingerprint density at radius 3 is 2.78 bits per heavy atom. The van der Waals surface area contributed by atoms with Gasteiger partial charge in [0, 0.05) is 16.6 Å². The van der Waals surface area contributed by atoms with Crippen LogP contribution in [0.15, 0.2) is 42.5 Å². The third-order valence-corrected chi connectivity index (χ3v) is 5.75. The molecule has 1 aliphatic rings. The van der Waals surface area contributed by atoms with Gasteiger partial charge in [0.15, 0.2) is 0 Å². The number of fused-ring (bicyclic) bond motifs is 1. The van der Waals surface area contributed by atoms with Crippen LogP contribution in [0.2, 0.25) is 0 Å². The number of H-pyrrole nitrogens is 1. The van der Waals surface area contributed by atoms with E-state index in [4.69, 9.17) is 0 Å². The lowest BCUT2D eigenvalue weighted by Gasteiger charge is -2.08. The summed E-state index contributed by atoms with van der Waals surface area (Å²) in [6.45, 7) is 0. The summed E-state index contributed by atoms with van der Waals surface area (Å²) < 4.78 is 39.9. The van der Waals surface area contributed by atoms with Crippen molar-refractivity contribution >= 4 is 26.6 Å². The summed E-state index contributed by atoms with van der Waals surface area (Å²) in [7, 11) is -3.30. The van der Waals surface area contributed by atoms with Crippen molar-refractivity contribution in [2.45, 2.75) is 18.1 Å². The Morgan fingerprint density at radius 2 is 2.00 bits per heavy atom. The second-order valence-corrected chi connectivity index (χ2v) is 7.65. The molecule has 0 unspecified atom stereocenters. The van der Waals surface area contributed by atoms with Crippen molar-refractivity contribution in [2.75, 3.05) is 4.72 Å². The van der Waals surface area contributed by atoms with Crippen molar-refractivity contribution in [2.24, 2.45) is 0 Å². The van der Waals surface area contributed by atoms with Crippen LogP contribution in [0.1, 0.15) is 12.8 Å². The van der Waals surface area contributed by atoms with Crippen LogP contribution < -0.4 is 4.72 Å². The summed E-state index contributed by atoms with van der Waals surface area (Å²) in [4.78, 5) is 0. The summed E-state index contributed by atoms with van der Waals surface area (Å²) in [5.74, 6) is -0.335. The van der Waals surface area contributed by atoms with Gasteiger partial charge < -0.3 is 0 Å². The molecule has 1 aliphatic carbocycles. The SMILES string of the molecule is O=S(=O)(Nc1cccc(-c2n[nH]c3cc(F)ccc23)c1)C1CC1. The molecule has 2 aromatic carbocycles. The van der Waals surface area contributed by atoms with E-state index in [1.807, 2.05) is 6.07 Å². The molecule has 4 rings (SSSR count). The van der Waals surface area contributed by atoms with Crippen molar-refractivity contribution in [3.05, 3.63) is 48.3 Å². The van der Waals surface area contributed by atoms with E-state index >= 15 is 0 Å². The molecular weight excluding hydrogens is 317 g/mol. The highest BCUT2D eigenvalue weighted by atomic mass is 32.2. The third-order valence-electron chi connectivity index (χ3n) is 3.88. The number of nitrogens with one attached hydrogen (secondary N) is 2. The second kappa shape index (κ2) is 5.06. The quantitative estimate of drug-likeness (QED) is 0.770. The van der Waals surface area contributed by atoms with Crippen LogP contribution in [-0.2, 0) is 10.0 Å². The molecule has 7 heteroatoms. The van der Waals surface area contributed by atoms with Gasteiger partial charge >= 0.3 is 0 Å². The number of benzene rings is 2. The van der Waals surface area contributed by atoms with Gasteiger partial charge in [-0.25, -0.2) is 12.8 Å². The minimum atomic E-state index is -3.30. The zero-order valence-corrected chi connectivity index (χ0v) is 12.9. The van der Waals surface area contributed by atoms with E-state index in [-0.39, 0.29) is 11.1 Å². The fraction of sp³-hybridized carbons (Fsp3) is 0.188. The van der Waals surface area contributed by atoms with E-state index in [0.717, 1.165) is 10.9 Å². The normalized spacial score (nSPS) is 15.0. The summed E-state index contributed by atoms with van der Waals surface area (Å²) in [5, 5.41) is 7.53. The number of aromatic amines is 1. The van der Waals surface area contributed by atoms with Gasteiger partial charge in [-0.1, -0.05) is 12.1 Å². The molecule has 118 valence electrons. The highest BCUT2D eigenvalue weighted by Crippen LogP contribution is 2.32. The molecule has 23 heavy (non-hydrogen) atoms. The van der Waals surface area contributed by atoms with Gasteiger partial charge in [-0.3, -0.25) is 9.82 Å². The summed E-state index contributed by atoms with van der Waals surface area (Å²) in [6, 6.07) is 11.5. The molecule has 1 heterocycles. The number of halogens is 1. The van der Waals surface area contributed by atoms with E-state index in [9.17, 15) is 12.8 Å². The molecule has 0 saturated heterocycles. The molecule has 0 bridgehead atoms. The molecule has 1 saturated carbocycles. The predicted molar refractivity (Wildman–Crippen MR) is 87.1 cm³/mol. The molecule has 0 amide bonds. The lowest BCUT2D eigenvalue weighted by Crippen LogP contribution is -2.17. The molecule has 2 N–H and O–H groups in total.